The van der Waals surface area contributed by atoms with Crippen LogP contribution in [0.3, 0.4) is 0 Å². The Kier molecular flexibility index (Phi) is 4.11. The number of amides is 1. The zero-order valence-corrected chi connectivity index (χ0v) is 10.1. The van der Waals surface area contributed by atoms with Gasteiger partial charge in [0, 0.05) is 32.3 Å². The van der Waals surface area contributed by atoms with Crippen LogP contribution in [-0.2, 0) is 4.79 Å². The topological polar surface area (TPSA) is 43.8 Å². The lowest BCUT2D eigenvalue weighted by molar-refractivity contribution is -0.145. The van der Waals surface area contributed by atoms with Crippen molar-refractivity contribution < 1.29 is 9.90 Å². The molecule has 2 unspecified atom stereocenters. The number of nitrogens with zero attached hydrogens (tertiary/aromatic N) is 2. The molecule has 1 fully saturated rings. The standard InChI is InChI=1S/C11H22N2O2/c1-8(2)13-9(3)7-12(4)11(15)10(13)5-6-14/h8-10,14H,5-7H2,1-4H3. The molecule has 1 rings (SSSR count). The van der Waals surface area contributed by atoms with Crippen molar-refractivity contribution in [3.8, 4) is 0 Å². The van der Waals surface area contributed by atoms with E-state index in [4.69, 9.17) is 5.11 Å². The van der Waals surface area contributed by atoms with Crippen molar-refractivity contribution in [2.24, 2.45) is 0 Å². The Morgan fingerprint density at radius 3 is 2.60 bits per heavy atom. The van der Waals surface area contributed by atoms with Crippen molar-refractivity contribution in [1.82, 2.24) is 9.80 Å². The van der Waals surface area contributed by atoms with Crippen LogP contribution in [0, 0.1) is 0 Å². The zero-order valence-electron chi connectivity index (χ0n) is 10.1. The molecule has 1 saturated heterocycles. The number of carbonyl (C=O) groups excluding carboxylic acids is 1. The number of hydrogen-bond acceptors (Lipinski definition) is 3. The maximum absolute atomic E-state index is 11.9. The third-order valence-corrected chi connectivity index (χ3v) is 3.07. The molecule has 0 radical (unpaired) electrons. The van der Waals surface area contributed by atoms with Crippen LogP contribution in [0.2, 0.25) is 0 Å². The van der Waals surface area contributed by atoms with E-state index < -0.39 is 0 Å². The van der Waals surface area contributed by atoms with Gasteiger partial charge in [-0.3, -0.25) is 9.69 Å². The number of likely N-dealkylation sites (N-methyl/N-ethyl adjacent to an activating group) is 1. The highest BCUT2D eigenvalue weighted by molar-refractivity contribution is 5.82. The first kappa shape index (κ1) is 12.5. The van der Waals surface area contributed by atoms with Crippen LogP contribution in [0.15, 0.2) is 0 Å². The van der Waals surface area contributed by atoms with Gasteiger partial charge in [-0.15, -0.1) is 0 Å². The number of aliphatic hydroxyl groups is 1. The predicted octanol–water partition coefficient (Wildman–Crippen LogP) is 0.308. The monoisotopic (exact) mass is 214 g/mol. The molecule has 15 heavy (non-hydrogen) atoms. The smallest absolute Gasteiger partial charge is 0.239 e. The quantitative estimate of drug-likeness (QED) is 0.735. The van der Waals surface area contributed by atoms with Crippen LogP contribution in [-0.4, -0.2) is 59.1 Å². The Morgan fingerprint density at radius 1 is 1.53 bits per heavy atom. The summed E-state index contributed by atoms with van der Waals surface area (Å²) in [7, 11) is 1.83. The van der Waals surface area contributed by atoms with Crippen LogP contribution in [0.4, 0.5) is 0 Å². The molecule has 0 aromatic heterocycles. The molecule has 0 aromatic rings. The normalized spacial score (nSPS) is 28.9. The summed E-state index contributed by atoms with van der Waals surface area (Å²) in [6, 6.07) is 0.558. The van der Waals surface area contributed by atoms with Gasteiger partial charge >= 0.3 is 0 Å². The Bertz CT molecular complexity index is 231. The van der Waals surface area contributed by atoms with Gasteiger partial charge in [-0.2, -0.15) is 0 Å². The maximum atomic E-state index is 11.9. The molecule has 88 valence electrons. The Labute approximate surface area is 91.9 Å². The molecule has 1 aliphatic rings. The summed E-state index contributed by atoms with van der Waals surface area (Å²) in [5, 5.41) is 9.01. The maximum Gasteiger partial charge on any atom is 0.239 e. The van der Waals surface area contributed by atoms with Gasteiger partial charge in [0.1, 0.15) is 0 Å². The van der Waals surface area contributed by atoms with E-state index in [1.54, 1.807) is 4.90 Å². The highest BCUT2D eigenvalue weighted by atomic mass is 16.3. The number of piperazine rings is 1. The fourth-order valence-corrected chi connectivity index (χ4v) is 2.53. The first-order valence-electron chi connectivity index (χ1n) is 5.62. The molecule has 0 aromatic carbocycles. The lowest BCUT2D eigenvalue weighted by Gasteiger charge is -2.45. The van der Waals surface area contributed by atoms with Gasteiger partial charge < -0.3 is 10.0 Å². The third kappa shape index (κ3) is 2.49. The molecule has 0 saturated carbocycles. The van der Waals surface area contributed by atoms with E-state index in [0.717, 1.165) is 6.54 Å². The van der Waals surface area contributed by atoms with E-state index in [-0.39, 0.29) is 18.6 Å². The molecule has 1 heterocycles. The second kappa shape index (κ2) is 4.94. The first-order valence-corrected chi connectivity index (χ1v) is 5.62. The minimum Gasteiger partial charge on any atom is -0.396 e. The second-order valence-corrected chi connectivity index (χ2v) is 4.64. The SMILES string of the molecule is CC(C)N1C(C)CN(C)C(=O)C1CCO. The van der Waals surface area contributed by atoms with Crippen molar-refractivity contribution in [2.45, 2.75) is 45.3 Å². The average molecular weight is 214 g/mol. The van der Waals surface area contributed by atoms with E-state index in [2.05, 4.69) is 25.7 Å². The Morgan fingerprint density at radius 2 is 2.13 bits per heavy atom. The number of hydrogen-bond donors (Lipinski definition) is 1. The van der Waals surface area contributed by atoms with Crippen LogP contribution < -0.4 is 0 Å². The largest absolute Gasteiger partial charge is 0.396 e. The van der Waals surface area contributed by atoms with Gasteiger partial charge in [0.05, 0.1) is 6.04 Å². The van der Waals surface area contributed by atoms with E-state index in [1.165, 1.54) is 0 Å². The van der Waals surface area contributed by atoms with E-state index in [1.807, 2.05) is 7.05 Å². The number of carbonyl (C=O) groups is 1. The van der Waals surface area contributed by atoms with Crippen LogP contribution in [0.5, 0.6) is 0 Å². The summed E-state index contributed by atoms with van der Waals surface area (Å²) in [6.45, 7) is 7.17. The van der Waals surface area contributed by atoms with E-state index in [9.17, 15) is 4.79 Å². The predicted molar refractivity (Wildman–Crippen MR) is 59.6 cm³/mol. The molecule has 4 nitrogen and oxygen atoms in total. The van der Waals surface area contributed by atoms with Crippen molar-refractivity contribution in [3.05, 3.63) is 0 Å². The summed E-state index contributed by atoms with van der Waals surface area (Å²) in [5.41, 5.74) is 0. The Hall–Kier alpha value is -0.610. The fourth-order valence-electron chi connectivity index (χ4n) is 2.53. The van der Waals surface area contributed by atoms with E-state index in [0.29, 0.717) is 18.5 Å². The van der Waals surface area contributed by atoms with Gasteiger partial charge in [0.2, 0.25) is 5.91 Å². The third-order valence-electron chi connectivity index (χ3n) is 3.07. The van der Waals surface area contributed by atoms with Crippen molar-refractivity contribution in [1.29, 1.82) is 0 Å². The summed E-state index contributed by atoms with van der Waals surface area (Å²) in [5.74, 6) is 0.135. The molecule has 1 N–H and O–H groups in total. The van der Waals surface area contributed by atoms with Crippen LogP contribution >= 0.6 is 0 Å². The van der Waals surface area contributed by atoms with Gasteiger partial charge in [-0.25, -0.2) is 0 Å². The van der Waals surface area contributed by atoms with Gasteiger partial charge in [-0.1, -0.05) is 0 Å². The van der Waals surface area contributed by atoms with Crippen molar-refractivity contribution in [2.75, 3.05) is 20.2 Å². The summed E-state index contributed by atoms with van der Waals surface area (Å²) in [6.07, 6.45) is 0.533. The summed E-state index contributed by atoms with van der Waals surface area (Å²) < 4.78 is 0. The Balaban J connectivity index is 2.84. The molecule has 1 amide bonds. The lowest BCUT2D eigenvalue weighted by Crippen LogP contribution is -2.62. The summed E-state index contributed by atoms with van der Waals surface area (Å²) in [4.78, 5) is 15.9. The van der Waals surface area contributed by atoms with Gasteiger partial charge in [-0.05, 0) is 27.2 Å². The average Bonchev–Trinajstić information content (AvgIpc) is 2.13. The molecule has 4 heteroatoms. The highest BCUT2D eigenvalue weighted by Crippen LogP contribution is 2.21. The van der Waals surface area contributed by atoms with E-state index >= 15 is 0 Å². The highest BCUT2D eigenvalue weighted by Gasteiger charge is 2.37. The molecular formula is C11H22N2O2. The first-order chi connectivity index (χ1) is 6.99. The van der Waals surface area contributed by atoms with Crippen molar-refractivity contribution >= 4 is 5.91 Å². The van der Waals surface area contributed by atoms with Crippen LogP contribution in [0.25, 0.3) is 0 Å². The van der Waals surface area contributed by atoms with Crippen molar-refractivity contribution in [3.63, 3.8) is 0 Å². The number of rotatable bonds is 3. The minimum absolute atomic E-state index is 0.0696. The van der Waals surface area contributed by atoms with Gasteiger partial charge in [0.15, 0.2) is 0 Å². The number of aliphatic hydroxyl groups excluding tert-OH is 1. The summed E-state index contributed by atoms with van der Waals surface area (Å²) >= 11 is 0. The molecule has 0 spiro atoms. The molecule has 1 aliphatic heterocycles. The molecule has 2 atom stereocenters. The minimum atomic E-state index is -0.149. The van der Waals surface area contributed by atoms with Gasteiger partial charge in [0.25, 0.3) is 0 Å². The van der Waals surface area contributed by atoms with Crippen LogP contribution in [0.1, 0.15) is 27.2 Å². The zero-order chi connectivity index (χ0) is 11.6. The second-order valence-electron chi connectivity index (χ2n) is 4.64. The fraction of sp³-hybridized carbons (Fsp3) is 0.909. The molecule has 0 aliphatic carbocycles. The lowest BCUT2D eigenvalue weighted by atomic mass is 10.0. The molecular weight excluding hydrogens is 192 g/mol. The molecule has 0 bridgehead atoms.